The molecule has 1 N–H and O–H groups in total. The lowest BCUT2D eigenvalue weighted by Crippen LogP contribution is -2.58. The van der Waals surface area contributed by atoms with Crippen molar-refractivity contribution in [1.29, 1.82) is 0 Å². The molecule has 2 atom stereocenters. The molecular formula is C13H25NO. The fourth-order valence-corrected chi connectivity index (χ4v) is 3.20. The topological polar surface area (TPSA) is 21.3 Å². The second kappa shape index (κ2) is 3.46. The number of hydrogen-bond donors (Lipinski definition) is 1. The van der Waals surface area contributed by atoms with Crippen molar-refractivity contribution >= 4 is 0 Å². The van der Waals surface area contributed by atoms with Crippen LogP contribution in [0.25, 0.3) is 0 Å². The smallest absolute Gasteiger partial charge is 0.0819 e. The average molecular weight is 211 g/mol. The Kier molecular flexibility index (Phi) is 2.63. The molecule has 15 heavy (non-hydrogen) atoms. The maximum atomic E-state index is 6.44. The highest BCUT2D eigenvalue weighted by molar-refractivity contribution is 5.01. The standard InChI is InChI=1S/C13H25NO/c1-5-12(4)9-14-10-13(15-12)7-6-11(2,3)8-13/h14H,5-10H2,1-4H3. The van der Waals surface area contributed by atoms with Gasteiger partial charge in [-0.15, -0.1) is 0 Å². The molecule has 0 aromatic rings. The van der Waals surface area contributed by atoms with E-state index in [1.54, 1.807) is 0 Å². The number of rotatable bonds is 1. The molecule has 1 aliphatic carbocycles. The summed E-state index contributed by atoms with van der Waals surface area (Å²) >= 11 is 0. The SMILES string of the molecule is CCC1(C)CNCC2(CCC(C)(C)C2)O1. The fraction of sp³-hybridized carbons (Fsp3) is 1.00. The van der Waals surface area contributed by atoms with E-state index in [2.05, 4.69) is 33.0 Å². The second-order valence-electron chi connectivity index (χ2n) is 6.53. The molecule has 2 rings (SSSR count). The lowest BCUT2D eigenvalue weighted by atomic mass is 9.87. The molecule has 2 nitrogen and oxygen atoms in total. The highest BCUT2D eigenvalue weighted by atomic mass is 16.5. The Balaban J connectivity index is 2.10. The van der Waals surface area contributed by atoms with E-state index in [1.807, 2.05) is 0 Å². The van der Waals surface area contributed by atoms with E-state index in [9.17, 15) is 0 Å². The summed E-state index contributed by atoms with van der Waals surface area (Å²) in [5.74, 6) is 0. The Bertz CT molecular complexity index is 251. The molecule has 1 spiro atoms. The van der Waals surface area contributed by atoms with Gasteiger partial charge in [0, 0.05) is 13.1 Å². The van der Waals surface area contributed by atoms with Gasteiger partial charge in [0.2, 0.25) is 0 Å². The van der Waals surface area contributed by atoms with Gasteiger partial charge in [-0.25, -0.2) is 0 Å². The Morgan fingerprint density at radius 2 is 1.87 bits per heavy atom. The summed E-state index contributed by atoms with van der Waals surface area (Å²) in [4.78, 5) is 0. The van der Waals surface area contributed by atoms with E-state index >= 15 is 0 Å². The highest BCUT2D eigenvalue weighted by Crippen LogP contribution is 2.48. The molecule has 1 saturated heterocycles. The monoisotopic (exact) mass is 211 g/mol. The minimum Gasteiger partial charge on any atom is -0.366 e. The van der Waals surface area contributed by atoms with Crippen LogP contribution < -0.4 is 5.32 Å². The number of nitrogens with one attached hydrogen (secondary N) is 1. The number of ether oxygens (including phenoxy) is 1. The molecule has 88 valence electrons. The fourth-order valence-electron chi connectivity index (χ4n) is 3.20. The first-order valence-corrected chi connectivity index (χ1v) is 6.30. The van der Waals surface area contributed by atoms with Gasteiger partial charge in [-0.1, -0.05) is 20.8 Å². The van der Waals surface area contributed by atoms with Crippen LogP contribution in [0.1, 0.15) is 53.4 Å². The Labute approximate surface area is 93.8 Å². The largest absolute Gasteiger partial charge is 0.366 e. The van der Waals surface area contributed by atoms with Crippen LogP contribution in [0.5, 0.6) is 0 Å². The quantitative estimate of drug-likeness (QED) is 0.720. The zero-order valence-corrected chi connectivity index (χ0v) is 10.7. The third-order valence-corrected chi connectivity index (χ3v) is 4.22. The second-order valence-corrected chi connectivity index (χ2v) is 6.53. The Morgan fingerprint density at radius 3 is 2.40 bits per heavy atom. The summed E-state index contributed by atoms with van der Waals surface area (Å²) < 4.78 is 6.44. The van der Waals surface area contributed by atoms with Crippen LogP contribution >= 0.6 is 0 Å². The summed E-state index contributed by atoms with van der Waals surface area (Å²) in [6.45, 7) is 11.2. The van der Waals surface area contributed by atoms with Crippen LogP contribution in [0.2, 0.25) is 0 Å². The van der Waals surface area contributed by atoms with Crippen LogP contribution in [0, 0.1) is 5.41 Å². The first kappa shape index (κ1) is 11.4. The average Bonchev–Trinajstić information content (AvgIpc) is 2.42. The summed E-state index contributed by atoms with van der Waals surface area (Å²) in [5.41, 5.74) is 0.652. The van der Waals surface area contributed by atoms with Crippen LogP contribution in [0.15, 0.2) is 0 Å². The van der Waals surface area contributed by atoms with E-state index in [1.165, 1.54) is 19.3 Å². The normalized spacial score (nSPS) is 44.8. The van der Waals surface area contributed by atoms with E-state index in [4.69, 9.17) is 4.74 Å². The maximum Gasteiger partial charge on any atom is 0.0819 e. The molecule has 2 aliphatic rings. The van der Waals surface area contributed by atoms with Crippen molar-refractivity contribution in [2.24, 2.45) is 5.41 Å². The van der Waals surface area contributed by atoms with Crippen LogP contribution in [-0.4, -0.2) is 24.3 Å². The van der Waals surface area contributed by atoms with Gasteiger partial charge in [-0.05, 0) is 38.0 Å². The van der Waals surface area contributed by atoms with Gasteiger partial charge in [0.1, 0.15) is 0 Å². The van der Waals surface area contributed by atoms with Gasteiger partial charge >= 0.3 is 0 Å². The van der Waals surface area contributed by atoms with Crippen molar-refractivity contribution in [2.45, 2.75) is 64.6 Å². The molecule has 0 amide bonds. The van der Waals surface area contributed by atoms with Crippen LogP contribution in [0.4, 0.5) is 0 Å². The van der Waals surface area contributed by atoms with Gasteiger partial charge in [0.05, 0.1) is 11.2 Å². The first-order chi connectivity index (χ1) is 6.89. The molecule has 0 radical (unpaired) electrons. The lowest BCUT2D eigenvalue weighted by molar-refractivity contribution is -0.171. The van der Waals surface area contributed by atoms with Crippen molar-refractivity contribution in [3.05, 3.63) is 0 Å². The lowest BCUT2D eigenvalue weighted by Gasteiger charge is -2.46. The van der Waals surface area contributed by atoms with Gasteiger partial charge in [-0.3, -0.25) is 0 Å². The third kappa shape index (κ3) is 2.21. The summed E-state index contributed by atoms with van der Waals surface area (Å²) in [7, 11) is 0. The van der Waals surface area contributed by atoms with Gasteiger partial charge in [0.15, 0.2) is 0 Å². The summed E-state index contributed by atoms with van der Waals surface area (Å²) in [6, 6.07) is 0. The predicted octanol–water partition coefficient (Wildman–Crippen LogP) is 2.72. The van der Waals surface area contributed by atoms with Gasteiger partial charge in [0.25, 0.3) is 0 Å². The molecule has 0 aromatic carbocycles. The summed E-state index contributed by atoms with van der Waals surface area (Å²) in [6.07, 6.45) is 4.84. The highest BCUT2D eigenvalue weighted by Gasteiger charge is 2.49. The zero-order valence-electron chi connectivity index (χ0n) is 10.7. The van der Waals surface area contributed by atoms with Crippen LogP contribution in [-0.2, 0) is 4.74 Å². The van der Waals surface area contributed by atoms with Crippen molar-refractivity contribution in [1.82, 2.24) is 5.32 Å². The number of morpholine rings is 1. The predicted molar refractivity (Wildman–Crippen MR) is 63.0 cm³/mol. The molecule has 2 heteroatoms. The molecule has 1 saturated carbocycles. The molecule has 0 bridgehead atoms. The van der Waals surface area contributed by atoms with Crippen molar-refractivity contribution < 1.29 is 4.74 Å². The molecule has 2 unspecified atom stereocenters. The van der Waals surface area contributed by atoms with Crippen molar-refractivity contribution in [2.75, 3.05) is 13.1 Å². The van der Waals surface area contributed by atoms with Crippen molar-refractivity contribution in [3.63, 3.8) is 0 Å². The Morgan fingerprint density at radius 1 is 1.13 bits per heavy atom. The molecule has 2 fully saturated rings. The van der Waals surface area contributed by atoms with E-state index in [0.717, 1.165) is 19.5 Å². The molecular weight excluding hydrogens is 186 g/mol. The first-order valence-electron chi connectivity index (χ1n) is 6.30. The zero-order chi connectivity index (χ0) is 11.2. The van der Waals surface area contributed by atoms with Gasteiger partial charge < -0.3 is 10.1 Å². The van der Waals surface area contributed by atoms with E-state index < -0.39 is 0 Å². The van der Waals surface area contributed by atoms with Gasteiger partial charge in [-0.2, -0.15) is 0 Å². The molecule has 1 heterocycles. The van der Waals surface area contributed by atoms with E-state index in [0.29, 0.717) is 5.41 Å². The summed E-state index contributed by atoms with van der Waals surface area (Å²) in [5, 5.41) is 3.57. The minimum atomic E-state index is 0.0542. The maximum absolute atomic E-state index is 6.44. The van der Waals surface area contributed by atoms with Crippen molar-refractivity contribution in [3.8, 4) is 0 Å². The van der Waals surface area contributed by atoms with Crippen LogP contribution in [0.3, 0.4) is 0 Å². The molecule has 1 aliphatic heterocycles. The Hall–Kier alpha value is -0.0800. The molecule has 0 aromatic heterocycles. The minimum absolute atomic E-state index is 0.0542. The van der Waals surface area contributed by atoms with E-state index in [-0.39, 0.29) is 11.2 Å². The third-order valence-electron chi connectivity index (χ3n) is 4.22. The number of hydrogen-bond acceptors (Lipinski definition) is 2.